The maximum atomic E-state index is 11.8. The molecule has 0 bridgehead atoms. The van der Waals surface area contributed by atoms with Crippen LogP contribution >= 0.6 is 0 Å². The number of nitriles is 1. The van der Waals surface area contributed by atoms with Crippen molar-refractivity contribution in [3.8, 4) is 17.6 Å². The van der Waals surface area contributed by atoms with Gasteiger partial charge in [0, 0.05) is 6.07 Å². The molecule has 1 aliphatic heterocycles. The zero-order valence-corrected chi connectivity index (χ0v) is 9.78. The van der Waals surface area contributed by atoms with Crippen LogP contribution in [-0.2, 0) is 4.74 Å². The molecule has 0 unspecified atom stereocenters. The molecule has 0 amide bonds. The number of carbonyl (C=O) groups excluding carboxylic acids is 1. The van der Waals surface area contributed by atoms with Gasteiger partial charge < -0.3 is 14.2 Å². The molecule has 1 aliphatic rings. The molecule has 0 aliphatic carbocycles. The topological polar surface area (TPSA) is 112 Å². The fraction of sp³-hybridized carbons (Fsp3) is 0.273. The predicted octanol–water partition coefficient (Wildman–Crippen LogP) is 1.39. The summed E-state index contributed by atoms with van der Waals surface area (Å²) >= 11 is 0. The molecule has 2 rings (SSSR count). The fourth-order valence-corrected chi connectivity index (χ4v) is 1.50. The Labute approximate surface area is 107 Å². The van der Waals surface area contributed by atoms with E-state index in [1.807, 2.05) is 0 Å². The number of nitrogens with zero attached hydrogens (tertiary/aromatic N) is 2. The highest BCUT2D eigenvalue weighted by Gasteiger charge is 2.28. The van der Waals surface area contributed by atoms with Gasteiger partial charge in [0.25, 0.3) is 5.69 Å². The first-order chi connectivity index (χ1) is 9.02. The van der Waals surface area contributed by atoms with E-state index in [0.29, 0.717) is 0 Å². The summed E-state index contributed by atoms with van der Waals surface area (Å²) in [7, 11) is 0. The van der Waals surface area contributed by atoms with Crippen LogP contribution in [0.2, 0.25) is 0 Å². The van der Waals surface area contributed by atoms with E-state index in [1.54, 1.807) is 6.07 Å². The fourth-order valence-electron chi connectivity index (χ4n) is 1.50. The highest BCUT2D eigenvalue weighted by molar-refractivity contribution is 5.95. The van der Waals surface area contributed by atoms with Crippen molar-refractivity contribution in [2.75, 3.05) is 6.79 Å². The third-order valence-electron chi connectivity index (χ3n) is 2.37. The molecule has 19 heavy (non-hydrogen) atoms. The Bertz CT molecular complexity index is 592. The number of nitro benzene ring substituents is 1. The number of fused-ring (bicyclic) bond motifs is 1. The van der Waals surface area contributed by atoms with Gasteiger partial charge in [-0.2, -0.15) is 5.26 Å². The van der Waals surface area contributed by atoms with Crippen molar-refractivity contribution in [2.24, 2.45) is 0 Å². The lowest BCUT2D eigenvalue weighted by Gasteiger charge is -2.07. The largest absolute Gasteiger partial charge is 0.454 e. The molecule has 98 valence electrons. The highest BCUT2D eigenvalue weighted by Crippen LogP contribution is 2.38. The zero-order chi connectivity index (χ0) is 14.0. The Hall–Kier alpha value is -2.82. The second-order valence-corrected chi connectivity index (χ2v) is 3.66. The number of benzene rings is 1. The van der Waals surface area contributed by atoms with Crippen LogP contribution in [0.4, 0.5) is 5.69 Å². The van der Waals surface area contributed by atoms with Crippen molar-refractivity contribution in [3.05, 3.63) is 27.8 Å². The van der Waals surface area contributed by atoms with E-state index in [4.69, 9.17) is 19.5 Å². The summed E-state index contributed by atoms with van der Waals surface area (Å²) in [5.41, 5.74) is -0.740. The van der Waals surface area contributed by atoms with Gasteiger partial charge in [0.15, 0.2) is 17.6 Å². The van der Waals surface area contributed by atoms with E-state index in [1.165, 1.54) is 13.0 Å². The van der Waals surface area contributed by atoms with Crippen LogP contribution in [0.3, 0.4) is 0 Å². The van der Waals surface area contributed by atoms with Crippen molar-refractivity contribution >= 4 is 11.7 Å². The molecule has 0 N–H and O–H groups in total. The van der Waals surface area contributed by atoms with Gasteiger partial charge in [-0.3, -0.25) is 10.1 Å². The molecule has 8 nitrogen and oxygen atoms in total. The third kappa shape index (κ3) is 2.40. The van der Waals surface area contributed by atoms with Gasteiger partial charge >= 0.3 is 5.97 Å². The van der Waals surface area contributed by atoms with Crippen molar-refractivity contribution in [2.45, 2.75) is 13.0 Å². The maximum Gasteiger partial charge on any atom is 0.346 e. The van der Waals surface area contributed by atoms with Crippen LogP contribution in [0.25, 0.3) is 0 Å². The van der Waals surface area contributed by atoms with E-state index in [0.717, 1.165) is 6.07 Å². The van der Waals surface area contributed by atoms with Crippen LogP contribution in [0, 0.1) is 21.4 Å². The van der Waals surface area contributed by atoms with Gasteiger partial charge in [0.1, 0.15) is 11.6 Å². The van der Waals surface area contributed by atoms with Gasteiger partial charge in [0.2, 0.25) is 6.79 Å². The van der Waals surface area contributed by atoms with E-state index in [9.17, 15) is 14.9 Å². The standard InChI is InChI=1S/C11H8N2O6/c1-6(4-12)19-11(14)7-2-9-10(18-5-17-9)3-8(7)13(15)16/h2-3,6H,5H2,1H3/t6-/m1/s1. The number of rotatable bonds is 3. The molecule has 1 atom stereocenters. The number of hydrogen-bond donors (Lipinski definition) is 0. The van der Waals surface area contributed by atoms with Crippen LogP contribution in [-0.4, -0.2) is 23.8 Å². The third-order valence-corrected chi connectivity index (χ3v) is 2.37. The first kappa shape index (κ1) is 12.6. The van der Waals surface area contributed by atoms with E-state index < -0.39 is 22.7 Å². The number of esters is 1. The van der Waals surface area contributed by atoms with Gasteiger partial charge in [0.05, 0.1) is 11.0 Å². The SMILES string of the molecule is C[C@H](C#N)OC(=O)c1cc2c(cc1[N+](=O)[O-])OCO2. The first-order valence-electron chi connectivity index (χ1n) is 5.21. The Kier molecular flexibility index (Phi) is 3.20. The minimum Gasteiger partial charge on any atom is -0.454 e. The minimum atomic E-state index is -1.00. The molecule has 8 heteroatoms. The summed E-state index contributed by atoms with van der Waals surface area (Å²) in [5.74, 6) is -0.544. The van der Waals surface area contributed by atoms with E-state index in [2.05, 4.69) is 0 Å². The van der Waals surface area contributed by atoms with Gasteiger partial charge in [-0.1, -0.05) is 0 Å². The number of nitro groups is 1. The molecule has 0 spiro atoms. The van der Waals surface area contributed by atoms with Crippen LogP contribution in [0.1, 0.15) is 17.3 Å². The quantitative estimate of drug-likeness (QED) is 0.460. The first-order valence-corrected chi connectivity index (χ1v) is 5.21. The smallest absolute Gasteiger partial charge is 0.346 e. The van der Waals surface area contributed by atoms with Gasteiger partial charge in [-0.05, 0) is 6.92 Å². The van der Waals surface area contributed by atoms with Gasteiger partial charge in [-0.15, -0.1) is 0 Å². The molecular formula is C11H8N2O6. The van der Waals surface area contributed by atoms with Crippen molar-refractivity contribution < 1.29 is 23.9 Å². The Morgan fingerprint density at radius 3 is 2.74 bits per heavy atom. The molecule has 1 heterocycles. The number of ether oxygens (including phenoxy) is 3. The molecule has 0 fully saturated rings. The normalized spacial score (nSPS) is 13.5. The molecular weight excluding hydrogens is 256 g/mol. The molecule has 0 saturated heterocycles. The van der Waals surface area contributed by atoms with Crippen molar-refractivity contribution in [1.29, 1.82) is 5.26 Å². The average Bonchev–Trinajstić information content (AvgIpc) is 2.83. The Morgan fingerprint density at radius 1 is 1.53 bits per heavy atom. The molecule has 1 aromatic carbocycles. The summed E-state index contributed by atoms with van der Waals surface area (Å²) in [6.07, 6.45) is -1.00. The lowest BCUT2D eigenvalue weighted by molar-refractivity contribution is -0.385. The van der Waals surface area contributed by atoms with Gasteiger partial charge in [-0.25, -0.2) is 4.79 Å². The van der Waals surface area contributed by atoms with E-state index >= 15 is 0 Å². The molecule has 1 aromatic rings. The van der Waals surface area contributed by atoms with Crippen molar-refractivity contribution in [1.82, 2.24) is 0 Å². The summed E-state index contributed by atoms with van der Waals surface area (Å²) in [5, 5.41) is 19.5. The highest BCUT2D eigenvalue weighted by atomic mass is 16.7. The second kappa shape index (κ2) is 4.81. The lowest BCUT2D eigenvalue weighted by Crippen LogP contribution is -2.14. The minimum absolute atomic E-state index is 0.0699. The van der Waals surface area contributed by atoms with Crippen LogP contribution < -0.4 is 9.47 Å². The molecule has 0 saturated carbocycles. The predicted molar refractivity (Wildman–Crippen MR) is 59.7 cm³/mol. The zero-order valence-electron chi connectivity index (χ0n) is 9.78. The summed E-state index contributed by atoms with van der Waals surface area (Å²) < 4.78 is 14.8. The average molecular weight is 264 g/mol. The van der Waals surface area contributed by atoms with E-state index in [-0.39, 0.29) is 23.9 Å². The second-order valence-electron chi connectivity index (χ2n) is 3.66. The monoisotopic (exact) mass is 264 g/mol. The molecule has 0 aromatic heterocycles. The summed E-state index contributed by atoms with van der Waals surface area (Å²) in [6, 6.07) is 3.96. The van der Waals surface area contributed by atoms with Crippen LogP contribution in [0.5, 0.6) is 11.5 Å². The maximum absolute atomic E-state index is 11.8. The summed E-state index contributed by atoms with van der Waals surface area (Å²) in [6.45, 7) is 1.29. The molecule has 0 radical (unpaired) electrons. The number of carbonyl (C=O) groups is 1. The Balaban J connectivity index is 2.41. The number of hydrogen-bond acceptors (Lipinski definition) is 7. The lowest BCUT2D eigenvalue weighted by atomic mass is 10.1. The summed E-state index contributed by atoms with van der Waals surface area (Å²) in [4.78, 5) is 22.0. The van der Waals surface area contributed by atoms with Crippen molar-refractivity contribution in [3.63, 3.8) is 0 Å². The van der Waals surface area contributed by atoms with Crippen LogP contribution in [0.15, 0.2) is 12.1 Å². The Morgan fingerprint density at radius 2 is 2.16 bits per heavy atom.